The lowest BCUT2D eigenvalue weighted by molar-refractivity contribution is 0.283. The molecule has 0 spiro atoms. The molecule has 1 saturated heterocycles. The highest BCUT2D eigenvalue weighted by molar-refractivity contribution is 5.17. The van der Waals surface area contributed by atoms with Crippen LogP contribution >= 0.6 is 0 Å². The van der Waals surface area contributed by atoms with Gasteiger partial charge < -0.3 is 5.32 Å². The highest BCUT2D eigenvalue weighted by Crippen LogP contribution is 2.41. The summed E-state index contributed by atoms with van der Waals surface area (Å²) in [5.74, 6) is 2.53. The Labute approximate surface area is 86.3 Å². The standard InChI is InChI=1S/C13H19N/c1-9-5-4-8-12-13(9)10-6-2-3-7-11(10)14-12/h2,4,6,8-14H,3,5,7H2,1H3. The second-order valence-electron chi connectivity index (χ2n) is 5.10. The first-order chi connectivity index (χ1) is 6.86. The van der Waals surface area contributed by atoms with E-state index in [4.69, 9.17) is 0 Å². The molecule has 3 aliphatic rings. The molecule has 5 atom stereocenters. The number of fused-ring (bicyclic) bond motifs is 3. The average molecular weight is 189 g/mol. The van der Waals surface area contributed by atoms with Crippen molar-refractivity contribution < 1.29 is 0 Å². The zero-order valence-electron chi connectivity index (χ0n) is 8.82. The Hall–Kier alpha value is -0.560. The van der Waals surface area contributed by atoms with Crippen LogP contribution in [0, 0.1) is 17.8 Å². The van der Waals surface area contributed by atoms with Crippen LogP contribution in [-0.2, 0) is 0 Å². The van der Waals surface area contributed by atoms with Crippen molar-refractivity contribution in [1.29, 1.82) is 0 Å². The van der Waals surface area contributed by atoms with Crippen molar-refractivity contribution in [3.8, 4) is 0 Å². The Kier molecular flexibility index (Phi) is 2.01. The lowest BCUT2D eigenvalue weighted by Crippen LogP contribution is -2.32. The summed E-state index contributed by atoms with van der Waals surface area (Å²) in [4.78, 5) is 0. The summed E-state index contributed by atoms with van der Waals surface area (Å²) < 4.78 is 0. The van der Waals surface area contributed by atoms with E-state index in [9.17, 15) is 0 Å². The van der Waals surface area contributed by atoms with Gasteiger partial charge in [0.1, 0.15) is 0 Å². The molecule has 1 heteroatoms. The topological polar surface area (TPSA) is 12.0 Å². The van der Waals surface area contributed by atoms with Crippen molar-refractivity contribution in [2.45, 2.75) is 38.3 Å². The van der Waals surface area contributed by atoms with Gasteiger partial charge in [0.15, 0.2) is 0 Å². The second kappa shape index (κ2) is 3.23. The van der Waals surface area contributed by atoms with Gasteiger partial charge in [-0.15, -0.1) is 0 Å². The largest absolute Gasteiger partial charge is 0.307 e. The van der Waals surface area contributed by atoms with Crippen LogP contribution in [0.25, 0.3) is 0 Å². The van der Waals surface area contributed by atoms with Crippen molar-refractivity contribution >= 4 is 0 Å². The van der Waals surface area contributed by atoms with Gasteiger partial charge in [-0.3, -0.25) is 0 Å². The summed E-state index contributed by atoms with van der Waals surface area (Å²) in [6.45, 7) is 2.41. The molecule has 1 fully saturated rings. The highest BCUT2D eigenvalue weighted by Gasteiger charge is 2.44. The summed E-state index contributed by atoms with van der Waals surface area (Å²) >= 11 is 0. The molecule has 5 unspecified atom stereocenters. The van der Waals surface area contributed by atoms with Crippen LogP contribution in [0.2, 0.25) is 0 Å². The van der Waals surface area contributed by atoms with E-state index in [0.717, 1.165) is 23.8 Å². The molecule has 0 aromatic rings. The molecule has 0 radical (unpaired) electrons. The Bertz CT molecular complexity index is 279. The van der Waals surface area contributed by atoms with E-state index in [0.29, 0.717) is 6.04 Å². The van der Waals surface area contributed by atoms with E-state index in [1.54, 1.807) is 0 Å². The predicted octanol–water partition coefficient (Wildman–Crippen LogP) is 2.51. The van der Waals surface area contributed by atoms with Gasteiger partial charge in [0.2, 0.25) is 0 Å². The number of allylic oxidation sites excluding steroid dienone is 2. The molecule has 1 nitrogen and oxygen atoms in total. The van der Waals surface area contributed by atoms with E-state index >= 15 is 0 Å². The Balaban J connectivity index is 1.91. The number of nitrogens with one attached hydrogen (secondary N) is 1. The first-order valence-electron chi connectivity index (χ1n) is 5.95. The minimum Gasteiger partial charge on any atom is -0.307 e. The Morgan fingerprint density at radius 1 is 1.21 bits per heavy atom. The highest BCUT2D eigenvalue weighted by atomic mass is 15.0. The molecule has 0 aromatic heterocycles. The molecule has 0 aromatic carbocycles. The minimum absolute atomic E-state index is 0.663. The van der Waals surface area contributed by atoms with Crippen LogP contribution in [-0.4, -0.2) is 12.1 Å². The monoisotopic (exact) mass is 189 g/mol. The van der Waals surface area contributed by atoms with Crippen molar-refractivity contribution in [1.82, 2.24) is 5.32 Å². The minimum atomic E-state index is 0.663. The number of hydrogen-bond acceptors (Lipinski definition) is 1. The molecule has 14 heavy (non-hydrogen) atoms. The van der Waals surface area contributed by atoms with Gasteiger partial charge in [-0.05, 0) is 37.0 Å². The van der Waals surface area contributed by atoms with E-state index in [1.807, 2.05) is 0 Å². The quantitative estimate of drug-likeness (QED) is 0.577. The van der Waals surface area contributed by atoms with Crippen LogP contribution in [0.3, 0.4) is 0 Å². The maximum absolute atomic E-state index is 3.79. The molecular formula is C13H19N. The maximum atomic E-state index is 3.79. The molecule has 1 N–H and O–H groups in total. The molecule has 76 valence electrons. The lowest BCUT2D eigenvalue weighted by Gasteiger charge is -2.31. The molecule has 1 aliphatic heterocycles. The molecule has 0 amide bonds. The summed E-state index contributed by atoms with van der Waals surface area (Å²) in [5, 5.41) is 3.79. The third-order valence-electron chi connectivity index (χ3n) is 4.24. The van der Waals surface area contributed by atoms with Gasteiger partial charge in [0.05, 0.1) is 0 Å². The average Bonchev–Trinajstić information content (AvgIpc) is 2.57. The molecule has 2 aliphatic carbocycles. The zero-order chi connectivity index (χ0) is 9.54. The third-order valence-corrected chi connectivity index (χ3v) is 4.24. The molecular weight excluding hydrogens is 170 g/mol. The van der Waals surface area contributed by atoms with Gasteiger partial charge >= 0.3 is 0 Å². The van der Waals surface area contributed by atoms with Gasteiger partial charge in [0.25, 0.3) is 0 Å². The van der Waals surface area contributed by atoms with Crippen molar-refractivity contribution in [3.63, 3.8) is 0 Å². The summed E-state index contributed by atoms with van der Waals surface area (Å²) in [5.41, 5.74) is 0. The molecule has 0 bridgehead atoms. The van der Waals surface area contributed by atoms with Crippen LogP contribution in [0.1, 0.15) is 26.2 Å². The lowest BCUT2D eigenvalue weighted by atomic mass is 9.73. The fourth-order valence-corrected chi connectivity index (χ4v) is 3.56. The van der Waals surface area contributed by atoms with E-state index < -0.39 is 0 Å². The van der Waals surface area contributed by atoms with Gasteiger partial charge in [-0.2, -0.15) is 0 Å². The number of hydrogen-bond donors (Lipinski definition) is 1. The summed E-state index contributed by atoms with van der Waals surface area (Å²) in [7, 11) is 0. The predicted molar refractivity (Wildman–Crippen MR) is 59.0 cm³/mol. The van der Waals surface area contributed by atoms with E-state index in [-0.39, 0.29) is 0 Å². The molecule has 1 heterocycles. The van der Waals surface area contributed by atoms with Crippen molar-refractivity contribution in [2.24, 2.45) is 17.8 Å². The SMILES string of the molecule is CC1CC=CC2NC3CCC=CC3C12. The van der Waals surface area contributed by atoms with Crippen molar-refractivity contribution in [3.05, 3.63) is 24.3 Å². The smallest absolute Gasteiger partial charge is 0.0289 e. The van der Waals surface area contributed by atoms with Gasteiger partial charge in [0, 0.05) is 12.1 Å². The first-order valence-corrected chi connectivity index (χ1v) is 5.95. The molecule has 0 saturated carbocycles. The first kappa shape index (κ1) is 8.72. The fourth-order valence-electron chi connectivity index (χ4n) is 3.56. The number of rotatable bonds is 0. The summed E-state index contributed by atoms with van der Waals surface area (Å²) in [6.07, 6.45) is 13.5. The van der Waals surface area contributed by atoms with Crippen LogP contribution < -0.4 is 5.32 Å². The van der Waals surface area contributed by atoms with E-state index in [2.05, 4.69) is 36.5 Å². The Morgan fingerprint density at radius 2 is 2.14 bits per heavy atom. The maximum Gasteiger partial charge on any atom is 0.0289 e. The van der Waals surface area contributed by atoms with E-state index in [1.165, 1.54) is 19.3 Å². The zero-order valence-corrected chi connectivity index (χ0v) is 8.82. The van der Waals surface area contributed by atoms with Crippen LogP contribution in [0.5, 0.6) is 0 Å². The van der Waals surface area contributed by atoms with Crippen molar-refractivity contribution in [2.75, 3.05) is 0 Å². The molecule has 3 rings (SSSR count). The second-order valence-corrected chi connectivity index (χ2v) is 5.10. The Morgan fingerprint density at radius 3 is 3.07 bits per heavy atom. The van der Waals surface area contributed by atoms with Gasteiger partial charge in [-0.1, -0.05) is 31.2 Å². The van der Waals surface area contributed by atoms with Crippen LogP contribution in [0.15, 0.2) is 24.3 Å². The summed E-state index contributed by atoms with van der Waals surface area (Å²) in [6, 6.07) is 1.43. The fraction of sp³-hybridized carbons (Fsp3) is 0.692. The van der Waals surface area contributed by atoms with Crippen LogP contribution in [0.4, 0.5) is 0 Å². The normalized spacial score (nSPS) is 50.2. The van der Waals surface area contributed by atoms with Gasteiger partial charge in [-0.25, -0.2) is 0 Å². The third kappa shape index (κ3) is 1.18.